The molecule has 0 unspecified atom stereocenters. The molecular formula is C22H14N2O4. The lowest BCUT2D eigenvalue weighted by atomic mass is 10.1. The lowest BCUT2D eigenvalue weighted by molar-refractivity contribution is 0.0440. The molecule has 0 bridgehead atoms. The summed E-state index contributed by atoms with van der Waals surface area (Å²) in [6, 6.07) is 22.1. The minimum absolute atomic E-state index is 0.0409. The zero-order valence-corrected chi connectivity index (χ0v) is 14.7. The second-order valence-corrected chi connectivity index (χ2v) is 6.26. The van der Waals surface area contributed by atoms with E-state index in [1.807, 2.05) is 54.6 Å². The van der Waals surface area contributed by atoms with Crippen LogP contribution in [0.3, 0.4) is 0 Å². The van der Waals surface area contributed by atoms with Crippen LogP contribution in [-0.2, 0) is 11.3 Å². The SMILES string of the molecule is O=C(OCc1nc2ccccc2o1)c1ccc2noc(-c3ccccc3)c2c1. The van der Waals surface area contributed by atoms with Crippen LogP contribution in [0.2, 0.25) is 0 Å². The standard InChI is InChI=1S/C22H14N2O4/c25-22(26-13-20-23-18-8-4-5-9-19(18)27-20)15-10-11-17-16(12-15)21(28-24-17)14-6-2-1-3-7-14/h1-12H,13H2. The van der Waals surface area contributed by atoms with E-state index in [2.05, 4.69) is 10.1 Å². The second-order valence-electron chi connectivity index (χ2n) is 6.26. The molecule has 5 rings (SSSR count). The van der Waals surface area contributed by atoms with Crippen LogP contribution in [0.5, 0.6) is 0 Å². The maximum atomic E-state index is 12.5. The minimum Gasteiger partial charge on any atom is -0.452 e. The Morgan fingerprint density at radius 2 is 1.75 bits per heavy atom. The molecule has 0 aliphatic heterocycles. The highest BCUT2D eigenvalue weighted by Gasteiger charge is 2.16. The van der Waals surface area contributed by atoms with Gasteiger partial charge in [0.15, 0.2) is 18.0 Å². The number of aromatic nitrogens is 2. The molecule has 28 heavy (non-hydrogen) atoms. The van der Waals surface area contributed by atoms with E-state index in [4.69, 9.17) is 13.7 Å². The van der Waals surface area contributed by atoms with E-state index in [0.29, 0.717) is 28.3 Å². The van der Waals surface area contributed by atoms with E-state index in [0.717, 1.165) is 16.5 Å². The van der Waals surface area contributed by atoms with Crippen LogP contribution in [0, 0.1) is 0 Å². The molecule has 0 saturated carbocycles. The van der Waals surface area contributed by atoms with Crippen LogP contribution in [0.4, 0.5) is 0 Å². The summed E-state index contributed by atoms with van der Waals surface area (Å²) >= 11 is 0. The number of nitrogens with zero attached hydrogens (tertiary/aromatic N) is 2. The third-order valence-electron chi connectivity index (χ3n) is 4.41. The Labute approximate surface area is 159 Å². The Morgan fingerprint density at radius 3 is 2.61 bits per heavy atom. The molecule has 3 aromatic carbocycles. The Kier molecular flexibility index (Phi) is 3.87. The molecule has 0 amide bonds. The molecule has 5 aromatic rings. The first-order valence-corrected chi connectivity index (χ1v) is 8.74. The number of carbonyl (C=O) groups excluding carboxylic acids is 1. The highest BCUT2D eigenvalue weighted by Crippen LogP contribution is 2.29. The summed E-state index contributed by atoms with van der Waals surface area (Å²) < 4.78 is 16.4. The van der Waals surface area contributed by atoms with Crippen molar-refractivity contribution < 1.29 is 18.5 Å². The van der Waals surface area contributed by atoms with Gasteiger partial charge < -0.3 is 13.7 Å². The summed E-state index contributed by atoms with van der Waals surface area (Å²) in [7, 11) is 0. The Morgan fingerprint density at radius 1 is 0.929 bits per heavy atom. The van der Waals surface area contributed by atoms with Gasteiger partial charge in [-0.05, 0) is 30.3 Å². The highest BCUT2D eigenvalue weighted by atomic mass is 16.5. The van der Waals surface area contributed by atoms with E-state index >= 15 is 0 Å². The maximum Gasteiger partial charge on any atom is 0.338 e. The smallest absolute Gasteiger partial charge is 0.338 e. The lowest BCUT2D eigenvalue weighted by Crippen LogP contribution is -2.05. The van der Waals surface area contributed by atoms with Gasteiger partial charge in [-0.1, -0.05) is 47.6 Å². The average molecular weight is 370 g/mol. The first-order valence-electron chi connectivity index (χ1n) is 8.74. The molecule has 0 aliphatic rings. The number of oxazole rings is 1. The molecule has 0 aliphatic carbocycles. The molecule has 136 valence electrons. The summed E-state index contributed by atoms with van der Waals surface area (Å²) in [4.78, 5) is 16.8. The zero-order valence-electron chi connectivity index (χ0n) is 14.7. The van der Waals surface area contributed by atoms with Crippen molar-refractivity contribution in [1.82, 2.24) is 10.1 Å². The van der Waals surface area contributed by atoms with E-state index in [1.54, 1.807) is 18.2 Å². The first kappa shape index (κ1) is 16.3. The molecule has 0 saturated heterocycles. The average Bonchev–Trinajstić information content (AvgIpc) is 3.35. The van der Waals surface area contributed by atoms with E-state index in [-0.39, 0.29) is 6.61 Å². The molecule has 6 nitrogen and oxygen atoms in total. The molecule has 2 heterocycles. The predicted molar refractivity (Wildman–Crippen MR) is 103 cm³/mol. The number of hydrogen-bond donors (Lipinski definition) is 0. The van der Waals surface area contributed by atoms with Gasteiger partial charge in [-0.25, -0.2) is 9.78 Å². The predicted octanol–water partition coefficient (Wildman–Crippen LogP) is 4.99. The van der Waals surface area contributed by atoms with Crippen molar-refractivity contribution in [3.63, 3.8) is 0 Å². The van der Waals surface area contributed by atoms with Crippen LogP contribution in [0.15, 0.2) is 81.7 Å². The van der Waals surface area contributed by atoms with Crippen molar-refractivity contribution in [3.05, 3.63) is 84.3 Å². The quantitative estimate of drug-likeness (QED) is 0.415. The second kappa shape index (κ2) is 6.66. The fourth-order valence-electron chi connectivity index (χ4n) is 3.06. The van der Waals surface area contributed by atoms with Gasteiger partial charge >= 0.3 is 5.97 Å². The number of fused-ring (bicyclic) bond motifs is 2. The number of para-hydroxylation sites is 2. The largest absolute Gasteiger partial charge is 0.452 e. The summed E-state index contributed by atoms with van der Waals surface area (Å²) in [5, 5.41) is 4.81. The van der Waals surface area contributed by atoms with Crippen LogP contribution < -0.4 is 0 Å². The van der Waals surface area contributed by atoms with Crippen molar-refractivity contribution in [2.24, 2.45) is 0 Å². The molecule has 0 N–H and O–H groups in total. The van der Waals surface area contributed by atoms with Crippen molar-refractivity contribution >= 4 is 28.0 Å². The van der Waals surface area contributed by atoms with Crippen molar-refractivity contribution in [2.75, 3.05) is 0 Å². The van der Waals surface area contributed by atoms with Gasteiger partial charge in [-0.15, -0.1) is 0 Å². The molecule has 0 spiro atoms. The molecule has 0 radical (unpaired) electrons. The van der Waals surface area contributed by atoms with Crippen LogP contribution in [-0.4, -0.2) is 16.1 Å². The van der Waals surface area contributed by atoms with Crippen molar-refractivity contribution in [2.45, 2.75) is 6.61 Å². The highest BCUT2D eigenvalue weighted by molar-refractivity contribution is 5.98. The fourth-order valence-corrected chi connectivity index (χ4v) is 3.06. The Balaban J connectivity index is 1.40. The van der Waals surface area contributed by atoms with Crippen LogP contribution in [0.1, 0.15) is 16.2 Å². The fraction of sp³-hybridized carbons (Fsp3) is 0.0455. The summed E-state index contributed by atoms with van der Waals surface area (Å²) in [6.45, 7) is -0.0409. The zero-order chi connectivity index (χ0) is 18.9. The summed E-state index contributed by atoms with van der Waals surface area (Å²) in [6.07, 6.45) is 0. The van der Waals surface area contributed by atoms with Gasteiger partial charge in [-0.3, -0.25) is 0 Å². The Hall–Kier alpha value is -3.93. The number of carbonyl (C=O) groups is 1. The monoisotopic (exact) mass is 370 g/mol. The summed E-state index contributed by atoms with van der Waals surface area (Å²) in [5.41, 5.74) is 3.36. The molecule has 6 heteroatoms. The maximum absolute atomic E-state index is 12.5. The lowest BCUT2D eigenvalue weighted by Gasteiger charge is -2.03. The van der Waals surface area contributed by atoms with Crippen LogP contribution in [0.25, 0.3) is 33.3 Å². The van der Waals surface area contributed by atoms with Gasteiger partial charge in [0.25, 0.3) is 0 Å². The number of ether oxygens (including phenoxy) is 1. The third kappa shape index (κ3) is 2.91. The van der Waals surface area contributed by atoms with Gasteiger partial charge in [-0.2, -0.15) is 0 Å². The van der Waals surface area contributed by atoms with E-state index in [9.17, 15) is 4.79 Å². The summed E-state index contributed by atoms with van der Waals surface area (Å²) in [5.74, 6) is 0.499. The number of rotatable bonds is 4. The van der Waals surface area contributed by atoms with Crippen LogP contribution >= 0.6 is 0 Å². The molecular weight excluding hydrogens is 356 g/mol. The normalized spacial score (nSPS) is 11.1. The van der Waals surface area contributed by atoms with Gasteiger partial charge in [0, 0.05) is 5.56 Å². The van der Waals surface area contributed by atoms with Crippen molar-refractivity contribution in [3.8, 4) is 11.3 Å². The van der Waals surface area contributed by atoms with Gasteiger partial charge in [0.05, 0.1) is 10.9 Å². The minimum atomic E-state index is -0.468. The van der Waals surface area contributed by atoms with E-state index < -0.39 is 5.97 Å². The van der Waals surface area contributed by atoms with Crippen molar-refractivity contribution in [1.29, 1.82) is 0 Å². The number of esters is 1. The van der Waals surface area contributed by atoms with Gasteiger partial charge in [0.2, 0.25) is 5.89 Å². The van der Waals surface area contributed by atoms with E-state index in [1.165, 1.54) is 0 Å². The molecule has 0 fully saturated rings. The number of benzene rings is 3. The molecule has 0 atom stereocenters. The third-order valence-corrected chi connectivity index (χ3v) is 4.41. The topological polar surface area (TPSA) is 78.4 Å². The first-order chi connectivity index (χ1) is 13.8. The Bertz CT molecular complexity index is 1250. The molecule has 2 aromatic heterocycles. The van der Waals surface area contributed by atoms with Gasteiger partial charge in [0.1, 0.15) is 11.0 Å². The number of hydrogen-bond acceptors (Lipinski definition) is 6.